The Hall–Kier alpha value is -1.89. The number of β-amino-alcohol motifs (C(OH)–C–C–N with tert-alkyl or cyclic N) is 1. The van der Waals surface area contributed by atoms with E-state index < -0.39 is 16.1 Å². The summed E-state index contributed by atoms with van der Waals surface area (Å²) >= 11 is 0. The van der Waals surface area contributed by atoms with Gasteiger partial charge in [0, 0.05) is 6.54 Å². The van der Waals surface area contributed by atoms with Crippen molar-refractivity contribution in [3.8, 4) is 0 Å². The standard InChI is InChI=1S/C21H28N2O3S/c1-18-10-6-7-13-21(18)27(25,26)23(19-11-4-2-5-12-19)17-20(24)16-22-14-8-3-9-15-22/h2,4-7,10-13,20,24H,3,8-9,14-17H2,1H3/t20-/m0/s1. The number of anilines is 1. The maximum Gasteiger partial charge on any atom is 0.264 e. The normalized spacial score (nSPS) is 16.8. The zero-order valence-corrected chi connectivity index (χ0v) is 16.6. The summed E-state index contributed by atoms with van der Waals surface area (Å²) in [7, 11) is -3.77. The molecule has 0 saturated carbocycles. The molecule has 1 aliphatic heterocycles. The fourth-order valence-electron chi connectivity index (χ4n) is 3.59. The third kappa shape index (κ3) is 4.89. The number of piperidine rings is 1. The molecule has 0 radical (unpaired) electrons. The van der Waals surface area contributed by atoms with Crippen LogP contribution in [0.3, 0.4) is 0 Å². The van der Waals surface area contributed by atoms with E-state index >= 15 is 0 Å². The summed E-state index contributed by atoms with van der Waals surface area (Å²) < 4.78 is 28.1. The van der Waals surface area contributed by atoms with E-state index in [9.17, 15) is 13.5 Å². The molecule has 1 saturated heterocycles. The van der Waals surface area contributed by atoms with Crippen molar-refractivity contribution in [1.82, 2.24) is 4.90 Å². The molecule has 1 atom stereocenters. The molecule has 2 aromatic rings. The summed E-state index contributed by atoms with van der Waals surface area (Å²) in [6.07, 6.45) is 2.75. The lowest BCUT2D eigenvalue weighted by molar-refractivity contribution is 0.107. The summed E-state index contributed by atoms with van der Waals surface area (Å²) in [5, 5.41) is 10.7. The Morgan fingerprint density at radius 1 is 1.00 bits per heavy atom. The SMILES string of the molecule is Cc1ccccc1S(=O)(=O)N(C[C@@H](O)CN1CCCCC1)c1ccccc1. The Balaban J connectivity index is 1.86. The van der Waals surface area contributed by atoms with Crippen molar-refractivity contribution >= 4 is 15.7 Å². The number of rotatable bonds is 7. The minimum atomic E-state index is -3.77. The summed E-state index contributed by atoms with van der Waals surface area (Å²) in [6, 6.07) is 16.0. The van der Waals surface area contributed by atoms with Crippen LogP contribution in [0.5, 0.6) is 0 Å². The Labute approximate surface area is 162 Å². The molecule has 1 aliphatic rings. The molecular formula is C21H28N2O3S. The van der Waals surface area contributed by atoms with Crippen LogP contribution in [-0.2, 0) is 10.0 Å². The van der Waals surface area contributed by atoms with Gasteiger partial charge in [-0.05, 0) is 56.6 Å². The van der Waals surface area contributed by atoms with Crippen molar-refractivity contribution in [2.24, 2.45) is 0 Å². The van der Waals surface area contributed by atoms with Gasteiger partial charge in [0.2, 0.25) is 0 Å². The maximum atomic E-state index is 13.4. The van der Waals surface area contributed by atoms with E-state index in [1.54, 1.807) is 37.3 Å². The highest BCUT2D eigenvalue weighted by Crippen LogP contribution is 2.26. The van der Waals surface area contributed by atoms with Gasteiger partial charge in [-0.3, -0.25) is 4.31 Å². The fraction of sp³-hybridized carbons (Fsp3) is 0.429. The predicted molar refractivity (Wildman–Crippen MR) is 108 cm³/mol. The number of aryl methyl sites for hydroxylation is 1. The van der Waals surface area contributed by atoms with Gasteiger partial charge in [-0.1, -0.05) is 42.8 Å². The van der Waals surface area contributed by atoms with Crippen LogP contribution in [0.4, 0.5) is 5.69 Å². The predicted octanol–water partition coefficient (Wildman–Crippen LogP) is 3.04. The van der Waals surface area contributed by atoms with E-state index in [0.29, 0.717) is 17.8 Å². The van der Waals surface area contributed by atoms with Crippen LogP contribution in [0.15, 0.2) is 59.5 Å². The van der Waals surface area contributed by atoms with Gasteiger partial charge in [0.05, 0.1) is 23.2 Å². The van der Waals surface area contributed by atoms with Gasteiger partial charge in [0.25, 0.3) is 10.0 Å². The van der Waals surface area contributed by atoms with E-state index in [0.717, 1.165) is 25.9 Å². The van der Waals surface area contributed by atoms with Crippen molar-refractivity contribution < 1.29 is 13.5 Å². The van der Waals surface area contributed by atoms with Gasteiger partial charge in [-0.25, -0.2) is 8.42 Å². The lowest BCUT2D eigenvalue weighted by Crippen LogP contribution is -2.44. The second-order valence-electron chi connectivity index (χ2n) is 7.15. The third-order valence-electron chi connectivity index (χ3n) is 5.00. The van der Waals surface area contributed by atoms with Crippen LogP contribution in [0, 0.1) is 6.92 Å². The van der Waals surface area contributed by atoms with E-state index in [2.05, 4.69) is 4.90 Å². The summed E-state index contributed by atoms with van der Waals surface area (Å²) in [4.78, 5) is 2.50. The van der Waals surface area contributed by atoms with E-state index in [1.165, 1.54) is 10.7 Å². The average molecular weight is 389 g/mol. The second kappa shape index (κ2) is 8.87. The van der Waals surface area contributed by atoms with E-state index in [4.69, 9.17) is 0 Å². The number of benzene rings is 2. The molecule has 0 bridgehead atoms. The van der Waals surface area contributed by atoms with Crippen molar-refractivity contribution in [3.05, 3.63) is 60.2 Å². The smallest absolute Gasteiger partial charge is 0.264 e. The summed E-state index contributed by atoms with van der Waals surface area (Å²) in [5.41, 5.74) is 1.27. The van der Waals surface area contributed by atoms with Crippen molar-refractivity contribution in [3.63, 3.8) is 0 Å². The molecule has 5 nitrogen and oxygen atoms in total. The molecule has 0 amide bonds. The molecule has 6 heteroatoms. The average Bonchev–Trinajstić information content (AvgIpc) is 2.67. The highest BCUT2D eigenvalue weighted by atomic mass is 32.2. The van der Waals surface area contributed by atoms with Crippen LogP contribution in [0.2, 0.25) is 0 Å². The minimum Gasteiger partial charge on any atom is -0.390 e. The van der Waals surface area contributed by atoms with Gasteiger partial charge in [0.15, 0.2) is 0 Å². The first-order chi connectivity index (χ1) is 13.0. The van der Waals surface area contributed by atoms with Gasteiger partial charge in [0.1, 0.15) is 0 Å². The first-order valence-corrected chi connectivity index (χ1v) is 11.0. The number of hydrogen-bond acceptors (Lipinski definition) is 4. The minimum absolute atomic E-state index is 0.0389. The van der Waals surface area contributed by atoms with Crippen LogP contribution in [0.1, 0.15) is 24.8 Å². The van der Waals surface area contributed by atoms with Crippen molar-refractivity contribution in [1.29, 1.82) is 0 Å². The molecule has 0 aliphatic carbocycles. The first-order valence-electron chi connectivity index (χ1n) is 9.52. The first kappa shape index (κ1) is 19.9. The van der Waals surface area contributed by atoms with Crippen molar-refractivity contribution in [2.75, 3.05) is 30.5 Å². The molecule has 1 N–H and O–H groups in total. The lowest BCUT2D eigenvalue weighted by Gasteiger charge is -2.32. The Bertz CT molecular complexity index is 834. The number of sulfonamides is 1. The topological polar surface area (TPSA) is 60.9 Å². The summed E-state index contributed by atoms with van der Waals surface area (Å²) in [6.45, 7) is 4.25. The molecule has 0 unspecified atom stereocenters. The quantitative estimate of drug-likeness (QED) is 0.792. The Morgan fingerprint density at radius 3 is 2.30 bits per heavy atom. The second-order valence-corrected chi connectivity index (χ2v) is 8.98. The lowest BCUT2D eigenvalue weighted by atomic mass is 10.1. The van der Waals surface area contributed by atoms with E-state index in [-0.39, 0.29) is 11.4 Å². The zero-order chi connectivity index (χ0) is 19.3. The van der Waals surface area contributed by atoms with Gasteiger partial charge >= 0.3 is 0 Å². The zero-order valence-electron chi connectivity index (χ0n) is 15.8. The summed E-state index contributed by atoms with van der Waals surface area (Å²) in [5.74, 6) is 0. The van der Waals surface area contributed by atoms with Gasteiger partial charge in [-0.15, -0.1) is 0 Å². The number of likely N-dealkylation sites (tertiary alicyclic amines) is 1. The molecule has 0 aromatic heterocycles. The molecule has 27 heavy (non-hydrogen) atoms. The van der Waals surface area contributed by atoms with Crippen LogP contribution in [0.25, 0.3) is 0 Å². The number of para-hydroxylation sites is 1. The van der Waals surface area contributed by atoms with Gasteiger partial charge in [-0.2, -0.15) is 0 Å². The Morgan fingerprint density at radius 2 is 1.63 bits per heavy atom. The maximum absolute atomic E-state index is 13.4. The van der Waals surface area contributed by atoms with Crippen LogP contribution >= 0.6 is 0 Å². The number of nitrogens with zero attached hydrogens (tertiary/aromatic N) is 2. The number of aliphatic hydroxyl groups excluding tert-OH is 1. The molecule has 2 aromatic carbocycles. The highest BCUT2D eigenvalue weighted by molar-refractivity contribution is 7.92. The number of aliphatic hydroxyl groups is 1. The van der Waals surface area contributed by atoms with Gasteiger partial charge < -0.3 is 10.0 Å². The number of hydrogen-bond donors (Lipinski definition) is 1. The largest absolute Gasteiger partial charge is 0.390 e. The fourth-order valence-corrected chi connectivity index (χ4v) is 5.32. The molecule has 3 rings (SSSR count). The monoisotopic (exact) mass is 388 g/mol. The molecule has 146 valence electrons. The molecular weight excluding hydrogens is 360 g/mol. The molecule has 0 spiro atoms. The van der Waals surface area contributed by atoms with Crippen molar-refractivity contribution in [2.45, 2.75) is 37.2 Å². The molecule has 1 heterocycles. The van der Waals surface area contributed by atoms with Crippen LogP contribution < -0.4 is 4.31 Å². The Kier molecular flexibility index (Phi) is 6.52. The van der Waals surface area contributed by atoms with Crippen LogP contribution in [-0.4, -0.2) is 50.7 Å². The van der Waals surface area contributed by atoms with E-state index in [1.807, 2.05) is 24.3 Å². The third-order valence-corrected chi connectivity index (χ3v) is 6.95. The highest BCUT2D eigenvalue weighted by Gasteiger charge is 2.29. The molecule has 1 fully saturated rings.